The first-order valence-electron chi connectivity index (χ1n) is 11.2. The number of hydrogen-bond donors (Lipinski definition) is 0. The summed E-state index contributed by atoms with van der Waals surface area (Å²) in [5.41, 5.74) is 2.02. The van der Waals surface area contributed by atoms with Crippen molar-refractivity contribution in [2.45, 2.75) is 59.3 Å². The molecule has 30 heavy (non-hydrogen) atoms. The Kier molecular flexibility index (Phi) is 9.85. The van der Waals surface area contributed by atoms with Gasteiger partial charge in [0.15, 0.2) is 5.78 Å². The molecule has 0 aromatic heterocycles. The van der Waals surface area contributed by atoms with Crippen molar-refractivity contribution in [1.29, 1.82) is 0 Å². The second kappa shape index (κ2) is 12.4. The number of hydrogen-bond acceptors (Lipinski definition) is 4. The second-order valence-corrected chi connectivity index (χ2v) is 8.50. The van der Waals surface area contributed by atoms with E-state index in [1.165, 1.54) is 6.08 Å². The SMILES string of the molecule is C=CC(=O)OCCCCCCOc1ccc(/C=C2\C(=O)C(C(C)C)CCC2C)cc1. The minimum absolute atomic E-state index is 0.157. The first-order chi connectivity index (χ1) is 14.4. The van der Waals surface area contributed by atoms with Crippen LogP contribution in [0.5, 0.6) is 5.75 Å². The van der Waals surface area contributed by atoms with Gasteiger partial charge in [-0.1, -0.05) is 39.5 Å². The molecule has 0 spiro atoms. The van der Waals surface area contributed by atoms with Gasteiger partial charge < -0.3 is 9.47 Å². The maximum absolute atomic E-state index is 12.8. The van der Waals surface area contributed by atoms with Crippen molar-refractivity contribution in [3.63, 3.8) is 0 Å². The lowest BCUT2D eigenvalue weighted by atomic mass is 9.73. The van der Waals surface area contributed by atoms with Gasteiger partial charge in [0.05, 0.1) is 13.2 Å². The van der Waals surface area contributed by atoms with Crippen LogP contribution in [0, 0.1) is 17.8 Å². The molecule has 1 aliphatic carbocycles. The molecular formula is C26H36O4. The first kappa shape index (κ1) is 23.9. The van der Waals surface area contributed by atoms with Gasteiger partial charge in [0.2, 0.25) is 0 Å². The number of ketones is 1. The molecule has 1 aromatic rings. The van der Waals surface area contributed by atoms with Crippen molar-refractivity contribution in [3.8, 4) is 5.75 Å². The molecule has 164 valence electrons. The highest BCUT2D eigenvalue weighted by Crippen LogP contribution is 2.35. The molecule has 2 atom stereocenters. The van der Waals surface area contributed by atoms with Crippen molar-refractivity contribution < 1.29 is 19.1 Å². The fourth-order valence-corrected chi connectivity index (χ4v) is 3.84. The molecular weight excluding hydrogens is 376 g/mol. The normalized spacial score (nSPS) is 20.4. The van der Waals surface area contributed by atoms with Crippen molar-refractivity contribution in [3.05, 3.63) is 48.1 Å². The van der Waals surface area contributed by atoms with Crippen LogP contribution in [0.15, 0.2) is 42.5 Å². The minimum Gasteiger partial charge on any atom is -0.494 e. The molecule has 2 unspecified atom stereocenters. The summed E-state index contributed by atoms with van der Waals surface area (Å²) in [5.74, 6) is 1.68. The predicted octanol–water partition coefficient (Wildman–Crippen LogP) is 6.01. The average Bonchev–Trinajstić information content (AvgIpc) is 2.73. The highest BCUT2D eigenvalue weighted by Gasteiger charge is 2.32. The van der Waals surface area contributed by atoms with Crippen molar-refractivity contribution in [2.24, 2.45) is 17.8 Å². The van der Waals surface area contributed by atoms with Crippen LogP contribution in [0.1, 0.15) is 64.9 Å². The molecule has 1 aromatic carbocycles. The summed E-state index contributed by atoms with van der Waals surface area (Å²) >= 11 is 0. The number of carbonyl (C=O) groups is 2. The van der Waals surface area contributed by atoms with Gasteiger partial charge >= 0.3 is 5.97 Å². The molecule has 1 fully saturated rings. The van der Waals surface area contributed by atoms with Gasteiger partial charge in [0.25, 0.3) is 0 Å². The molecule has 0 N–H and O–H groups in total. The Morgan fingerprint density at radius 3 is 2.40 bits per heavy atom. The van der Waals surface area contributed by atoms with Crippen LogP contribution in [0.25, 0.3) is 6.08 Å². The molecule has 1 aliphatic rings. The molecule has 2 rings (SSSR count). The quantitative estimate of drug-likeness (QED) is 0.254. The fraction of sp³-hybridized carbons (Fsp3) is 0.538. The summed E-state index contributed by atoms with van der Waals surface area (Å²) in [5, 5.41) is 0. The molecule has 0 saturated heterocycles. The lowest BCUT2D eigenvalue weighted by Gasteiger charge is -2.30. The maximum atomic E-state index is 12.8. The third-order valence-corrected chi connectivity index (χ3v) is 5.79. The van der Waals surface area contributed by atoms with Crippen LogP contribution in [0.4, 0.5) is 0 Å². The highest BCUT2D eigenvalue weighted by atomic mass is 16.5. The summed E-state index contributed by atoms with van der Waals surface area (Å²) < 4.78 is 10.8. The lowest BCUT2D eigenvalue weighted by molar-refractivity contribution is -0.137. The van der Waals surface area contributed by atoms with Crippen LogP contribution in [-0.2, 0) is 14.3 Å². The molecule has 4 nitrogen and oxygen atoms in total. The van der Waals surface area contributed by atoms with E-state index in [4.69, 9.17) is 9.47 Å². The Morgan fingerprint density at radius 2 is 1.77 bits per heavy atom. The Bertz CT molecular complexity index is 730. The Hall–Kier alpha value is -2.36. The van der Waals surface area contributed by atoms with Crippen LogP contribution in [0.2, 0.25) is 0 Å². The molecule has 0 heterocycles. The summed E-state index contributed by atoms with van der Waals surface area (Å²) in [6.07, 6.45) is 9.19. The number of rotatable bonds is 11. The van der Waals surface area contributed by atoms with E-state index >= 15 is 0 Å². The van der Waals surface area contributed by atoms with E-state index in [9.17, 15) is 9.59 Å². The van der Waals surface area contributed by atoms with Gasteiger partial charge in [-0.2, -0.15) is 0 Å². The molecule has 0 radical (unpaired) electrons. The number of Topliss-reactive ketones (excluding diaryl/α,β-unsaturated/α-hetero) is 1. The van der Waals surface area contributed by atoms with E-state index in [1.807, 2.05) is 24.3 Å². The first-order valence-corrected chi connectivity index (χ1v) is 11.2. The van der Waals surface area contributed by atoms with Gasteiger partial charge in [-0.3, -0.25) is 4.79 Å². The maximum Gasteiger partial charge on any atom is 0.330 e. The molecule has 1 saturated carbocycles. The average molecular weight is 413 g/mol. The number of ether oxygens (including phenoxy) is 2. The van der Waals surface area contributed by atoms with E-state index in [2.05, 4.69) is 33.4 Å². The summed E-state index contributed by atoms with van der Waals surface area (Å²) in [6, 6.07) is 7.99. The topological polar surface area (TPSA) is 52.6 Å². The zero-order valence-electron chi connectivity index (χ0n) is 18.7. The van der Waals surface area contributed by atoms with E-state index in [0.29, 0.717) is 30.8 Å². The zero-order chi connectivity index (χ0) is 21.9. The number of benzene rings is 1. The molecule has 4 heteroatoms. The Morgan fingerprint density at radius 1 is 1.10 bits per heavy atom. The van der Waals surface area contributed by atoms with Gasteiger partial charge in [-0.25, -0.2) is 4.79 Å². The second-order valence-electron chi connectivity index (χ2n) is 8.50. The highest BCUT2D eigenvalue weighted by molar-refractivity contribution is 6.02. The van der Waals surface area contributed by atoms with Crippen molar-refractivity contribution in [2.75, 3.05) is 13.2 Å². The predicted molar refractivity (Wildman–Crippen MR) is 121 cm³/mol. The summed E-state index contributed by atoms with van der Waals surface area (Å²) in [4.78, 5) is 23.8. The van der Waals surface area contributed by atoms with Crippen LogP contribution < -0.4 is 4.74 Å². The lowest BCUT2D eigenvalue weighted by Crippen LogP contribution is -2.30. The Labute approximate surface area is 181 Å². The third kappa shape index (κ3) is 7.47. The largest absolute Gasteiger partial charge is 0.494 e. The Balaban J connectivity index is 1.75. The van der Waals surface area contributed by atoms with Gasteiger partial charge in [-0.05, 0) is 79.7 Å². The van der Waals surface area contributed by atoms with Gasteiger partial charge in [0.1, 0.15) is 5.75 Å². The van der Waals surface area contributed by atoms with E-state index in [0.717, 1.165) is 55.4 Å². The van der Waals surface area contributed by atoms with E-state index in [1.54, 1.807) is 0 Å². The molecule has 0 aliphatic heterocycles. The molecule has 0 amide bonds. The van der Waals surface area contributed by atoms with E-state index < -0.39 is 0 Å². The summed E-state index contributed by atoms with van der Waals surface area (Å²) in [6.45, 7) is 10.9. The van der Waals surface area contributed by atoms with Crippen LogP contribution >= 0.6 is 0 Å². The van der Waals surface area contributed by atoms with Crippen molar-refractivity contribution in [1.82, 2.24) is 0 Å². The monoisotopic (exact) mass is 412 g/mol. The zero-order valence-corrected chi connectivity index (χ0v) is 18.7. The van der Waals surface area contributed by atoms with Gasteiger partial charge in [0, 0.05) is 12.0 Å². The number of esters is 1. The fourth-order valence-electron chi connectivity index (χ4n) is 3.84. The minimum atomic E-state index is -0.362. The van der Waals surface area contributed by atoms with Crippen LogP contribution in [0.3, 0.4) is 0 Å². The number of carbonyl (C=O) groups excluding carboxylic acids is 2. The third-order valence-electron chi connectivity index (χ3n) is 5.79. The van der Waals surface area contributed by atoms with Crippen LogP contribution in [-0.4, -0.2) is 25.0 Å². The summed E-state index contributed by atoms with van der Waals surface area (Å²) in [7, 11) is 0. The van der Waals surface area contributed by atoms with E-state index in [-0.39, 0.29) is 11.9 Å². The molecule has 0 bridgehead atoms. The standard InChI is InChI=1S/C26H36O4/c1-5-25(27)30-17-9-7-6-8-16-29-22-13-11-21(12-14-22)18-24-20(4)10-15-23(19(2)3)26(24)28/h5,11-14,18-20,23H,1,6-10,15-17H2,2-4H3/b24-18-. The number of allylic oxidation sites excluding steroid dienone is 1. The van der Waals surface area contributed by atoms with Gasteiger partial charge in [-0.15, -0.1) is 0 Å². The number of unbranched alkanes of at least 4 members (excludes halogenated alkanes) is 3. The van der Waals surface area contributed by atoms with Crippen molar-refractivity contribution >= 4 is 17.8 Å². The smallest absolute Gasteiger partial charge is 0.330 e.